The van der Waals surface area contributed by atoms with Crippen molar-refractivity contribution in [3.8, 4) is 11.9 Å². The molecule has 1 aliphatic carbocycles. The van der Waals surface area contributed by atoms with Crippen molar-refractivity contribution in [3.63, 3.8) is 0 Å². The molecule has 1 aromatic heterocycles. The van der Waals surface area contributed by atoms with Crippen LogP contribution in [-0.4, -0.2) is 46.3 Å². The van der Waals surface area contributed by atoms with Gasteiger partial charge in [-0.25, -0.2) is 13.8 Å². The molecular formula is C23H29F2N3O3. The van der Waals surface area contributed by atoms with Crippen LogP contribution >= 0.6 is 0 Å². The summed E-state index contributed by atoms with van der Waals surface area (Å²) in [5.74, 6) is -1.38. The van der Waals surface area contributed by atoms with E-state index in [2.05, 4.69) is 14.9 Å². The average Bonchev–Trinajstić information content (AvgIpc) is 2.72. The molecule has 168 valence electrons. The maximum absolute atomic E-state index is 13.6. The normalized spacial score (nSPS) is 26.0. The molecule has 1 aromatic carbocycles. The van der Waals surface area contributed by atoms with E-state index in [1.54, 1.807) is 12.3 Å². The van der Waals surface area contributed by atoms with Gasteiger partial charge in [0.15, 0.2) is 11.6 Å². The summed E-state index contributed by atoms with van der Waals surface area (Å²) in [7, 11) is 0. The van der Waals surface area contributed by atoms with Gasteiger partial charge >= 0.3 is 6.01 Å². The van der Waals surface area contributed by atoms with Crippen LogP contribution in [0.25, 0.3) is 0 Å². The van der Waals surface area contributed by atoms with Crippen molar-refractivity contribution in [2.75, 3.05) is 26.3 Å². The quantitative estimate of drug-likeness (QED) is 0.719. The summed E-state index contributed by atoms with van der Waals surface area (Å²) in [6.07, 6.45) is 4.40. The molecule has 2 aromatic rings. The molecule has 1 saturated carbocycles. The van der Waals surface area contributed by atoms with E-state index >= 15 is 0 Å². The minimum absolute atomic E-state index is 0.0361. The molecule has 2 fully saturated rings. The fourth-order valence-electron chi connectivity index (χ4n) is 5.08. The van der Waals surface area contributed by atoms with E-state index in [1.807, 2.05) is 13.8 Å². The molecule has 2 bridgehead atoms. The Hall–Kier alpha value is -2.32. The minimum atomic E-state index is -1.10. The number of hydrogen-bond donors (Lipinski definition) is 1. The van der Waals surface area contributed by atoms with E-state index in [-0.39, 0.29) is 17.8 Å². The van der Waals surface area contributed by atoms with Gasteiger partial charge in [0.25, 0.3) is 0 Å². The summed E-state index contributed by atoms with van der Waals surface area (Å²) in [6.45, 7) is 6.40. The predicted molar refractivity (Wildman–Crippen MR) is 111 cm³/mol. The number of nitrogens with zero attached hydrogens (tertiary/aromatic N) is 3. The Bertz CT molecular complexity index is 913. The number of benzene rings is 1. The number of likely N-dealkylation sites (tertiary alicyclic amines) is 1. The minimum Gasteiger partial charge on any atom is -0.478 e. The monoisotopic (exact) mass is 433 g/mol. The lowest BCUT2D eigenvalue weighted by Crippen LogP contribution is -2.58. The molecule has 2 heterocycles. The number of hydrogen-bond acceptors (Lipinski definition) is 6. The van der Waals surface area contributed by atoms with Crippen LogP contribution in [0.3, 0.4) is 0 Å². The van der Waals surface area contributed by atoms with Gasteiger partial charge in [-0.15, -0.1) is 0 Å². The molecule has 2 aliphatic rings. The summed E-state index contributed by atoms with van der Waals surface area (Å²) in [4.78, 5) is 10.9. The predicted octanol–water partition coefficient (Wildman–Crippen LogP) is 3.67. The molecule has 4 rings (SSSR count). The highest BCUT2D eigenvalue weighted by Gasteiger charge is 2.53. The standard InChI is InChI=1S/C23H29F2N3O3/c1-3-30-21-18(11-26-22(27-21)31-4-2)23(29)16-6-5-7-17(23)14-28(13-16)12-15-8-9-19(24)20(25)10-15/h8-11,16-17,29H,3-7,12-14H2,1-2H3/t16-,17+,23?. The summed E-state index contributed by atoms with van der Waals surface area (Å²) >= 11 is 0. The molecule has 0 spiro atoms. The molecule has 1 aliphatic heterocycles. The van der Waals surface area contributed by atoms with Crippen molar-refractivity contribution in [3.05, 3.63) is 47.2 Å². The Kier molecular flexibility index (Phi) is 6.39. The van der Waals surface area contributed by atoms with Gasteiger partial charge < -0.3 is 14.6 Å². The number of rotatable bonds is 7. The van der Waals surface area contributed by atoms with Gasteiger partial charge in [0.1, 0.15) is 5.60 Å². The Balaban J connectivity index is 1.60. The average molecular weight is 433 g/mol. The highest BCUT2D eigenvalue weighted by molar-refractivity contribution is 5.34. The highest BCUT2D eigenvalue weighted by Crippen LogP contribution is 2.51. The Morgan fingerprint density at radius 3 is 2.45 bits per heavy atom. The summed E-state index contributed by atoms with van der Waals surface area (Å²) in [5.41, 5.74) is 0.236. The van der Waals surface area contributed by atoms with Crippen LogP contribution in [0.4, 0.5) is 8.78 Å². The van der Waals surface area contributed by atoms with E-state index in [0.717, 1.165) is 30.9 Å². The van der Waals surface area contributed by atoms with Crippen molar-refractivity contribution in [1.82, 2.24) is 14.9 Å². The lowest BCUT2D eigenvalue weighted by atomic mass is 9.63. The van der Waals surface area contributed by atoms with Gasteiger partial charge in [0.05, 0.1) is 18.8 Å². The van der Waals surface area contributed by atoms with E-state index in [9.17, 15) is 13.9 Å². The van der Waals surface area contributed by atoms with Gasteiger partial charge in [-0.2, -0.15) is 4.98 Å². The topological polar surface area (TPSA) is 67.7 Å². The fourth-order valence-corrected chi connectivity index (χ4v) is 5.08. The maximum Gasteiger partial charge on any atom is 0.319 e. The van der Waals surface area contributed by atoms with Crippen LogP contribution < -0.4 is 9.47 Å². The van der Waals surface area contributed by atoms with Crippen LogP contribution in [0.1, 0.15) is 44.2 Å². The fraction of sp³-hybridized carbons (Fsp3) is 0.565. The smallest absolute Gasteiger partial charge is 0.319 e. The van der Waals surface area contributed by atoms with Gasteiger partial charge in [0, 0.05) is 37.7 Å². The van der Waals surface area contributed by atoms with Crippen LogP contribution in [0.5, 0.6) is 11.9 Å². The van der Waals surface area contributed by atoms with Crippen molar-refractivity contribution in [2.45, 2.75) is 45.3 Å². The second kappa shape index (κ2) is 9.04. The zero-order valence-electron chi connectivity index (χ0n) is 18.0. The van der Waals surface area contributed by atoms with Gasteiger partial charge in [-0.3, -0.25) is 4.90 Å². The van der Waals surface area contributed by atoms with Crippen molar-refractivity contribution in [2.24, 2.45) is 11.8 Å². The molecule has 3 atom stereocenters. The van der Waals surface area contributed by atoms with Crippen molar-refractivity contribution in [1.29, 1.82) is 0 Å². The van der Waals surface area contributed by atoms with Crippen LogP contribution in [-0.2, 0) is 12.1 Å². The van der Waals surface area contributed by atoms with E-state index in [4.69, 9.17) is 9.47 Å². The summed E-state index contributed by atoms with van der Waals surface area (Å²) < 4.78 is 38.1. The lowest BCUT2D eigenvalue weighted by Gasteiger charge is -2.53. The van der Waals surface area contributed by atoms with E-state index in [0.29, 0.717) is 44.3 Å². The SMILES string of the molecule is CCOc1ncc(C2(O)[C@@H]3CCC[C@H]2CN(Cc2ccc(F)c(F)c2)C3)c(OCC)n1. The number of halogens is 2. The second-order valence-electron chi connectivity index (χ2n) is 8.33. The molecule has 1 unspecified atom stereocenters. The maximum atomic E-state index is 13.6. The first-order valence-electron chi connectivity index (χ1n) is 11.0. The highest BCUT2D eigenvalue weighted by atomic mass is 19.2. The third kappa shape index (κ3) is 4.23. The molecule has 1 N–H and O–H groups in total. The molecule has 31 heavy (non-hydrogen) atoms. The van der Waals surface area contributed by atoms with Gasteiger partial charge in [-0.1, -0.05) is 12.5 Å². The molecular weight excluding hydrogens is 404 g/mol. The number of ether oxygens (including phenoxy) is 2. The Labute approximate surface area is 181 Å². The first-order chi connectivity index (χ1) is 15.0. The summed E-state index contributed by atoms with van der Waals surface area (Å²) in [6, 6.07) is 4.26. The Morgan fingerprint density at radius 1 is 1.10 bits per heavy atom. The van der Waals surface area contributed by atoms with E-state index in [1.165, 1.54) is 6.07 Å². The first kappa shape index (κ1) is 21.9. The third-order valence-corrected chi connectivity index (χ3v) is 6.41. The molecule has 1 saturated heterocycles. The Morgan fingerprint density at radius 2 is 1.81 bits per heavy atom. The van der Waals surface area contributed by atoms with Crippen molar-refractivity contribution >= 4 is 0 Å². The molecule has 0 radical (unpaired) electrons. The number of fused-ring (bicyclic) bond motifs is 2. The van der Waals surface area contributed by atoms with Crippen LogP contribution in [0.2, 0.25) is 0 Å². The lowest BCUT2D eigenvalue weighted by molar-refractivity contribution is -0.150. The zero-order valence-corrected chi connectivity index (χ0v) is 18.0. The number of aromatic nitrogens is 2. The van der Waals surface area contributed by atoms with E-state index < -0.39 is 17.2 Å². The van der Waals surface area contributed by atoms with Crippen molar-refractivity contribution < 1.29 is 23.4 Å². The summed E-state index contributed by atoms with van der Waals surface area (Å²) in [5, 5.41) is 12.0. The number of piperidine rings is 1. The van der Waals surface area contributed by atoms with Gasteiger partial charge in [0.2, 0.25) is 5.88 Å². The molecule has 8 heteroatoms. The van der Waals surface area contributed by atoms with Crippen LogP contribution in [0.15, 0.2) is 24.4 Å². The second-order valence-corrected chi connectivity index (χ2v) is 8.33. The molecule has 0 amide bonds. The first-order valence-corrected chi connectivity index (χ1v) is 11.0. The molecule has 6 nitrogen and oxygen atoms in total. The van der Waals surface area contributed by atoms with Gasteiger partial charge in [-0.05, 0) is 44.4 Å². The third-order valence-electron chi connectivity index (χ3n) is 6.41. The number of aliphatic hydroxyl groups is 1. The van der Waals surface area contributed by atoms with Crippen LogP contribution in [0, 0.1) is 23.5 Å². The largest absolute Gasteiger partial charge is 0.478 e. The zero-order chi connectivity index (χ0) is 22.0.